The minimum absolute atomic E-state index is 0.593. The second-order valence-electron chi connectivity index (χ2n) is 8.24. The third-order valence-corrected chi connectivity index (χ3v) is 5.41. The molecule has 30 heavy (non-hydrogen) atoms. The van der Waals surface area contributed by atoms with Crippen molar-refractivity contribution in [2.24, 2.45) is 4.99 Å². The summed E-state index contributed by atoms with van der Waals surface area (Å²) in [4.78, 5) is 12.3. The van der Waals surface area contributed by atoms with Gasteiger partial charge in [0, 0.05) is 53.9 Å². The normalized spacial score (nSPS) is 17.4. The summed E-state index contributed by atoms with van der Waals surface area (Å²) in [5.41, 5.74) is 0. The molecule has 2 saturated heterocycles. The summed E-state index contributed by atoms with van der Waals surface area (Å²) in [7, 11) is 5.76. The topological polar surface area (TPSA) is 96.9 Å². The molecule has 3 rings (SSSR count). The van der Waals surface area contributed by atoms with Crippen LogP contribution < -0.4 is 0 Å². The molecule has 3 aliphatic heterocycles. The first-order valence-electron chi connectivity index (χ1n) is 11.1. The van der Waals surface area contributed by atoms with Gasteiger partial charge in [-0.1, -0.05) is 0 Å². The van der Waals surface area contributed by atoms with Crippen LogP contribution in [0.4, 0.5) is 0 Å². The molecule has 8 heteroatoms. The van der Waals surface area contributed by atoms with Crippen LogP contribution in [0.5, 0.6) is 0 Å². The molecule has 0 unspecified atom stereocenters. The fourth-order valence-electron chi connectivity index (χ4n) is 2.93. The Balaban J connectivity index is 0.000000378. The van der Waals surface area contributed by atoms with Crippen molar-refractivity contribution >= 4 is 23.3 Å². The summed E-state index contributed by atoms with van der Waals surface area (Å²) >= 11 is 0. The fourth-order valence-corrected chi connectivity index (χ4v) is 2.93. The largest absolute Gasteiger partial charge is 0.367 e. The van der Waals surface area contributed by atoms with Crippen molar-refractivity contribution in [1.82, 2.24) is 19.6 Å². The van der Waals surface area contributed by atoms with Crippen LogP contribution in [0, 0.1) is 16.2 Å². The molecule has 8 nitrogen and oxygen atoms in total. The van der Waals surface area contributed by atoms with E-state index in [9.17, 15) is 0 Å². The van der Waals surface area contributed by atoms with Gasteiger partial charge in [0.15, 0.2) is 0 Å². The van der Waals surface area contributed by atoms with Crippen LogP contribution in [-0.4, -0.2) is 103 Å². The predicted molar refractivity (Wildman–Crippen MR) is 131 cm³/mol. The molecule has 0 aromatic carbocycles. The van der Waals surface area contributed by atoms with E-state index in [0.29, 0.717) is 5.84 Å². The highest BCUT2D eigenvalue weighted by Crippen LogP contribution is 2.08. The molecule has 3 N–H and O–H groups in total. The second kappa shape index (κ2) is 15.7. The van der Waals surface area contributed by atoms with Gasteiger partial charge in [-0.15, -0.1) is 0 Å². The summed E-state index contributed by atoms with van der Waals surface area (Å²) in [6.45, 7) is 14.0. The van der Waals surface area contributed by atoms with Crippen LogP contribution in [0.3, 0.4) is 0 Å². The molecule has 0 atom stereocenters. The monoisotopic (exact) mass is 422 g/mol. The highest BCUT2D eigenvalue weighted by atomic mass is 15.2. The standard InChI is InChI=1S/C7H14N2.C6H12N2.C5H10N2.C4H10N2/c1-7(8)9-5-3-2-4-6-9;1-6(7)8-4-2-3-5-8;1-5-6-3-4-7(5)2;1-4(5)6(2)3/h8H,2-6H2,1H3;7H,2-5H2,1H3;3-4H2,1-2H3;5H,1-3H3. The van der Waals surface area contributed by atoms with E-state index in [1.54, 1.807) is 11.8 Å². The molecule has 2 fully saturated rings. The van der Waals surface area contributed by atoms with Crippen LogP contribution in [0.15, 0.2) is 4.99 Å². The number of rotatable bonds is 0. The van der Waals surface area contributed by atoms with E-state index in [-0.39, 0.29) is 0 Å². The molecular formula is C22H46N8. The molecule has 0 spiro atoms. The number of amidine groups is 4. The van der Waals surface area contributed by atoms with Crippen molar-refractivity contribution in [3.63, 3.8) is 0 Å². The highest BCUT2D eigenvalue weighted by molar-refractivity contribution is 5.80. The molecule has 0 saturated carbocycles. The molecule has 0 radical (unpaired) electrons. The highest BCUT2D eigenvalue weighted by Gasteiger charge is 2.10. The average Bonchev–Trinajstić information content (AvgIpc) is 3.37. The quantitative estimate of drug-likeness (QED) is 0.411. The maximum absolute atomic E-state index is 7.31. The lowest BCUT2D eigenvalue weighted by molar-refractivity contribution is 0.339. The predicted octanol–water partition coefficient (Wildman–Crippen LogP) is 3.44. The van der Waals surface area contributed by atoms with Crippen molar-refractivity contribution in [2.45, 2.75) is 59.8 Å². The van der Waals surface area contributed by atoms with Gasteiger partial charge in [0.25, 0.3) is 0 Å². The zero-order valence-electron chi connectivity index (χ0n) is 20.5. The Labute approximate surface area is 184 Å². The van der Waals surface area contributed by atoms with Crippen molar-refractivity contribution < 1.29 is 0 Å². The summed E-state index contributed by atoms with van der Waals surface area (Å²) in [6.07, 6.45) is 6.45. The molecule has 0 aromatic rings. The van der Waals surface area contributed by atoms with E-state index < -0.39 is 0 Å². The molecule has 0 bridgehead atoms. The third kappa shape index (κ3) is 13.2. The number of nitrogens with zero attached hydrogens (tertiary/aromatic N) is 5. The number of nitrogens with one attached hydrogen (secondary N) is 3. The number of likely N-dealkylation sites (N-methyl/N-ethyl adjacent to an activating group) is 1. The number of piperidine rings is 1. The Morgan fingerprint density at radius 3 is 1.30 bits per heavy atom. The summed E-state index contributed by atoms with van der Waals surface area (Å²) in [5.74, 6) is 3.22. The van der Waals surface area contributed by atoms with Crippen LogP contribution in [0.2, 0.25) is 0 Å². The van der Waals surface area contributed by atoms with Crippen molar-refractivity contribution in [3.05, 3.63) is 0 Å². The summed E-state index contributed by atoms with van der Waals surface area (Å²) < 4.78 is 0. The molecule has 0 aliphatic carbocycles. The lowest BCUT2D eigenvalue weighted by atomic mass is 10.1. The molecule has 3 heterocycles. The molecular weight excluding hydrogens is 376 g/mol. The Morgan fingerprint density at radius 2 is 1.13 bits per heavy atom. The third-order valence-electron chi connectivity index (χ3n) is 5.41. The van der Waals surface area contributed by atoms with Crippen LogP contribution in [0.25, 0.3) is 0 Å². The van der Waals surface area contributed by atoms with Crippen molar-refractivity contribution in [2.75, 3.05) is 60.4 Å². The van der Waals surface area contributed by atoms with Gasteiger partial charge in [0.1, 0.15) is 0 Å². The van der Waals surface area contributed by atoms with Gasteiger partial charge in [-0.25, -0.2) is 0 Å². The van der Waals surface area contributed by atoms with E-state index in [2.05, 4.69) is 26.7 Å². The van der Waals surface area contributed by atoms with Gasteiger partial charge >= 0.3 is 0 Å². The average molecular weight is 423 g/mol. The molecule has 0 amide bonds. The van der Waals surface area contributed by atoms with Crippen LogP contribution in [0.1, 0.15) is 59.8 Å². The maximum atomic E-state index is 7.31. The van der Waals surface area contributed by atoms with Gasteiger partial charge in [-0.2, -0.15) is 0 Å². The van der Waals surface area contributed by atoms with Crippen LogP contribution in [-0.2, 0) is 0 Å². The van der Waals surface area contributed by atoms with Gasteiger partial charge < -0.3 is 19.6 Å². The zero-order chi connectivity index (χ0) is 23.1. The number of hydrogen-bond acceptors (Lipinski definition) is 5. The molecule has 0 aromatic heterocycles. The lowest BCUT2D eigenvalue weighted by Crippen LogP contribution is -2.33. The van der Waals surface area contributed by atoms with E-state index in [4.69, 9.17) is 16.2 Å². The van der Waals surface area contributed by atoms with Gasteiger partial charge in [-0.05, 0) is 59.8 Å². The number of likely N-dealkylation sites (tertiary alicyclic amines) is 2. The van der Waals surface area contributed by atoms with Crippen molar-refractivity contribution in [3.8, 4) is 0 Å². The van der Waals surface area contributed by atoms with E-state index in [0.717, 1.165) is 50.9 Å². The Kier molecular flexibility index (Phi) is 14.6. The van der Waals surface area contributed by atoms with Gasteiger partial charge in [0.2, 0.25) is 0 Å². The maximum Gasteiger partial charge on any atom is 0.0956 e. The number of aliphatic imine (C=N–C) groups is 1. The second-order valence-corrected chi connectivity index (χ2v) is 8.24. The SMILES string of the molecule is CC(=N)N(C)C.CC(=N)N1CCCC1.CC(=N)N1CCCCC1.CC1=NCCN1C. The lowest BCUT2D eigenvalue weighted by Gasteiger charge is -2.27. The van der Waals surface area contributed by atoms with E-state index >= 15 is 0 Å². The van der Waals surface area contributed by atoms with Crippen molar-refractivity contribution in [1.29, 1.82) is 16.2 Å². The molecule has 3 aliphatic rings. The smallest absolute Gasteiger partial charge is 0.0956 e. The Morgan fingerprint density at radius 1 is 0.767 bits per heavy atom. The summed E-state index contributed by atoms with van der Waals surface area (Å²) in [6, 6.07) is 0. The first-order valence-corrected chi connectivity index (χ1v) is 11.1. The Bertz CT molecular complexity index is 543. The first kappa shape index (κ1) is 27.9. The Hall–Kier alpha value is -2.12. The molecule has 174 valence electrons. The fraction of sp³-hybridized carbons (Fsp3) is 0.818. The van der Waals surface area contributed by atoms with E-state index in [1.807, 2.05) is 34.9 Å². The van der Waals surface area contributed by atoms with E-state index in [1.165, 1.54) is 37.9 Å². The first-order chi connectivity index (χ1) is 14.1. The summed E-state index contributed by atoms with van der Waals surface area (Å²) in [5, 5.41) is 21.4. The van der Waals surface area contributed by atoms with Gasteiger partial charge in [-0.3, -0.25) is 21.2 Å². The minimum atomic E-state index is 0.593. The van der Waals surface area contributed by atoms with Gasteiger partial charge in [0.05, 0.1) is 29.9 Å². The minimum Gasteiger partial charge on any atom is -0.367 e. The number of hydrogen-bond donors (Lipinski definition) is 3. The zero-order valence-corrected chi connectivity index (χ0v) is 20.5. The van der Waals surface area contributed by atoms with Crippen LogP contribution >= 0.6 is 0 Å².